The number of nitrogens with one attached hydrogen (secondary N) is 1. The van der Waals surface area contributed by atoms with Crippen LogP contribution in [0.15, 0.2) is 0 Å². The molecule has 0 aromatic heterocycles. The number of hydrogen-bond acceptors (Lipinski definition) is 4. The summed E-state index contributed by atoms with van der Waals surface area (Å²) in [5, 5.41) is 3.12. The van der Waals surface area contributed by atoms with Crippen LogP contribution in [-0.2, 0) is 9.53 Å². The summed E-state index contributed by atoms with van der Waals surface area (Å²) in [6.07, 6.45) is 2.39. The zero-order valence-corrected chi connectivity index (χ0v) is 12.7. The van der Waals surface area contributed by atoms with Crippen molar-refractivity contribution in [3.8, 4) is 0 Å². The van der Waals surface area contributed by atoms with Gasteiger partial charge in [0.1, 0.15) is 6.10 Å². The summed E-state index contributed by atoms with van der Waals surface area (Å²) < 4.78 is 5.63. The van der Waals surface area contributed by atoms with Gasteiger partial charge in [0.15, 0.2) is 0 Å². The third-order valence-corrected chi connectivity index (χ3v) is 3.35. The van der Waals surface area contributed by atoms with Gasteiger partial charge in [0, 0.05) is 19.1 Å². The van der Waals surface area contributed by atoms with Crippen LogP contribution in [0.4, 0.5) is 0 Å². The summed E-state index contributed by atoms with van der Waals surface area (Å²) >= 11 is 0. The van der Waals surface area contributed by atoms with Gasteiger partial charge in [-0.1, -0.05) is 13.8 Å². The molecule has 0 aromatic rings. The maximum Gasteiger partial charge on any atom is 0.249 e. The third-order valence-electron chi connectivity index (χ3n) is 3.35. The van der Waals surface area contributed by atoms with Crippen molar-refractivity contribution in [2.75, 3.05) is 27.2 Å². The van der Waals surface area contributed by atoms with Crippen molar-refractivity contribution in [3.63, 3.8) is 0 Å². The number of ether oxygens (including phenoxy) is 1. The fraction of sp³-hybridized carbons (Fsp3) is 0.929. The van der Waals surface area contributed by atoms with E-state index in [1.54, 1.807) is 0 Å². The van der Waals surface area contributed by atoms with E-state index >= 15 is 0 Å². The second kappa shape index (κ2) is 7.82. The Labute approximate surface area is 116 Å². The van der Waals surface area contributed by atoms with E-state index in [9.17, 15) is 4.79 Å². The molecule has 1 aliphatic heterocycles. The highest BCUT2D eigenvalue weighted by Gasteiger charge is 2.31. The van der Waals surface area contributed by atoms with E-state index in [1.165, 1.54) is 0 Å². The van der Waals surface area contributed by atoms with E-state index in [0.29, 0.717) is 12.5 Å². The molecular formula is C14H29N3O2. The molecular weight excluding hydrogens is 242 g/mol. The van der Waals surface area contributed by atoms with Gasteiger partial charge in [0.05, 0.1) is 6.10 Å². The lowest BCUT2D eigenvalue weighted by atomic mass is 10.0. The van der Waals surface area contributed by atoms with Gasteiger partial charge in [-0.3, -0.25) is 4.79 Å². The minimum absolute atomic E-state index is 0.0171. The average Bonchev–Trinajstić information content (AvgIpc) is 2.75. The minimum atomic E-state index is -0.314. The quantitative estimate of drug-likeness (QED) is 0.711. The molecule has 0 aliphatic carbocycles. The molecule has 1 saturated heterocycles. The SMILES string of the molecule is CC(C)CC(CN(C)C)NC(=O)C1CCC(CN)O1. The van der Waals surface area contributed by atoms with Crippen molar-refractivity contribution < 1.29 is 9.53 Å². The maximum absolute atomic E-state index is 12.2. The normalized spacial score (nSPS) is 25.0. The Morgan fingerprint density at radius 2 is 2.11 bits per heavy atom. The topological polar surface area (TPSA) is 67.6 Å². The Hall–Kier alpha value is -0.650. The highest BCUT2D eigenvalue weighted by atomic mass is 16.5. The van der Waals surface area contributed by atoms with Crippen LogP contribution in [0.25, 0.3) is 0 Å². The molecule has 1 heterocycles. The van der Waals surface area contributed by atoms with Crippen molar-refractivity contribution >= 4 is 5.91 Å². The molecule has 3 atom stereocenters. The second-order valence-corrected chi connectivity index (χ2v) is 6.16. The van der Waals surface area contributed by atoms with Gasteiger partial charge in [0.25, 0.3) is 0 Å². The number of carbonyl (C=O) groups is 1. The van der Waals surface area contributed by atoms with Crippen LogP contribution in [0, 0.1) is 5.92 Å². The van der Waals surface area contributed by atoms with Gasteiger partial charge in [0.2, 0.25) is 5.91 Å². The predicted molar refractivity (Wildman–Crippen MR) is 76.9 cm³/mol. The lowest BCUT2D eigenvalue weighted by molar-refractivity contribution is -0.132. The van der Waals surface area contributed by atoms with Crippen LogP contribution in [-0.4, -0.2) is 56.2 Å². The molecule has 3 N–H and O–H groups in total. The number of hydrogen-bond donors (Lipinski definition) is 2. The molecule has 0 aromatic carbocycles. The first-order valence-corrected chi connectivity index (χ1v) is 7.23. The zero-order valence-electron chi connectivity index (χ0n) is 12.7. The van der Waals surface area contributed by atoms with Crippen LogP contribution in [0.5, 0.6) is 0 Å². The van der Waals surface area contributed by atoms with Crippen molar-refractivity contribution in [3.05, 3.63) is 0 Å². The number of nitrogens with zero attached hydrogens (tertiary/aromatic N) is 1. The number of nitrogens with two attached hydrogens (primary N) is 1. The largest absolute Gasteiger partial charge is 0.364 e. The Morgan fingerprint density at radius 3 is 2.58 bits per heavy atom. The maximum atomic E-state index is 12.2. The first-order valence-electron chi connectivity index (χ1n) is 7.23. The van der Waals surface area contributed by atoms with Gasteiger partial charge in [-0.15, -0.1) is 0 Å². The zero-order chi connectivity index (χ0) is 14.4. The highest BCUT2D eigenvalue weighted by molar-refractivity contribution is 5.81. The van der Waals surface area contributed by atoms with Gasteiger partial charge < -0.3 is 20.7 Å². The number of carbonyl (C=O) groups excluding carboxylic acids is 1. The number of amides is 1. The fourth-order valence-electron chi connectivity index (χ4n) is 2.56. The van der Waals surface area contributed by atoms with E-state index in [-0.39, 0.29) is 24.2 Å². The lowest BCUT2D eigenvalue weighted by Crippen LogP contribution is -2.46. The second-order valence-electron chi connectivity index (χ2n) is 6.16. The van der Waals surface area contributed by atoms with Gasteiger partial charge in [-0.25, -0.2) is 0 Å². The summed E-state index contributed by atoms with van der Waals surface area (Å²) in [5.41, 5.74) is 5.57. The molecule has 3 unspecified atom stereocenters. The molecule has 0 bridgehead atoms. The van der Waals surface area contributed by atoms with Crippen molar-refractivity contribution in [2.24, 2.45) is 11.7 Å². The van der Waals surface area contributed by atoms with Crippen LogP contribution in [0.2, 0.25) is 0 Å². The van der Waals surface area contributed by atoms with Crippen molar-refractivity contribution in [2.45, 2.75) is 51.4 Å². The number of likely N-dealkylation sites (N-methyl/N-ethyl adjacent to an activating group) is 1. The average molecular weight is 271 g/mol. The summed E-state index contributed by atoms with van der Waals surface area (Å²) in [6.45, 7) is 5.70. The molecule has 1 amide bonds. The monoisotopic (exact) mass is 271 g/mol. The first kappa shape index (κ1) is 16.4. The lowest BCUT2D eigenvalue weighted by Gasteiger charge is -2.25. The summed E-state index contributed by atoms with van der Waals surface area (Å²) in [7, 11) is 4.05. The third kappa shape index (κ3) is 5.89. The van der Waals surface area contributed by atoms with Crippen LogP contribution < -0.4 is 11.1 Å². The van der Waals surface area contributed by atoms with E-state index < -0.39 is 0 Å². The van der Waals surface area contributed by atoms with Crippen LogP contribution in [0.1, 0.15) is 33.1 Å². The van der Waals surface area contributed by atoms with E-state index in [1.807, 2.05) is 14.1 Å². The fourth-order valence-corrected chi connectivity index (χ4v) is 2.56. The van der Waals surface area contributed by atoms with E-state index in [0.717, 1.165) is 25.8 Å². The molecule has 1 fully saturated rings. The van der Waals surface area contributed by atoms with Crippen molar-refractivity contribution in [1.29, 1.82) is 0 Å². The molecule has 1 rings (SSSR count). The Balaban J connectivity index is 2.46. The highest BCUT2D eigenvalue weighted by Crippen LogP contribution is 2.19. The molecule has 5 nitrogen and oxygen atoms in total. The van der Waals surface area contributed by atoms with E-state index in [2.05, 4.69) is 24.1 Å². The van der Waals surface area contributed by atoms with Crippen LogP contribution in [0.3, 0.4) is 0 Å². The molecule has 19 heavy (non-hydrogen) atoms. The van der Waals surface area contributed by atoms with E-state index in [4.69, 9.17) is 10.5 Å². The smallest absolute Gasteiger partial charge is 0.249 e. The van der Waals surface area contributed by atoms with Gasteiger partial charge in [-0.05, 0) is 39.3 Å². The van der Waals surface area contributed by atoms with Gasteiger partial charge in [-0.2, -0.15) is 0 Å². The molecule has 1 aliphatic rings. The van der Waals surface area contributed by atoms with Crippen molar-refractivity contribution in [1.82, 2.24) is 10.2 Å². The Bertz CT molecular complexity index is 272. The predicted octanol–water partition coefficient (Wildman–Crippen LogP) is 0.585. The standard InChI is InChI=1S/C14H29N3O2/c1-10(2)7-11(9-17(3)4)16-14(18)13-6-5-12(8-15)19-13/h10-13H,5-9,15H2,1-4H3,(H,16,18). The van der Waals surface area contributed by atoms with Gasteiger partial charge >= 0.3 is 0 Å². The molecule has 0 saturated carbocycles. The van der Waals surface area contributed by atoms with Crippen LogP contribution >= 0.6 is 0 Å². The first-order chi connectivity index (χ1) is 8.92. The summed E-state index contributed by atoms with van der Waals surface area (Å²) in [5.74, 6) is 0.579. The molecule has 112 valence electrons. The summed E-state index contributed by atoms with van der Waals surface area (Å²) in [4.78, 5) is 14.3. The number of rotatable bonds is 7. The molecule has 0 radical (unpaired) electrons. The Kier molecular flexibility index (Phi) is 6.75. The minimum Gasteiger partial charge on any atom is -0.364 e. The Morgan fingerprint density at radius 1 is 1.42 bits per heavy atom. The molecule has 5 heteroatoms. The molecule has 0 spiro atoms. The summed E-state index contributed by atoms with van der Waals surface area (Å²) in [6, 6.07) is 0.183.